The number of fused-ring (bicyclic) bond motifs is 1. The number of nitrogens with zero attached hydrogens (tertiary/aromatic N) is 2. The number of aryl methyl sites for hydroxylation is 1. The van der Waals surface area contributed by atoms with Gasteiger partial charge in [0.2, 0.25) is 21.8 Å². The summed E-state index contributed by atoms with van der Waals surface area (Å²) in [4.78, 5) is 38.1. The lowest BCUT2D eigenvalue weighted by atomic mass is 9.98. The molecule has 34 heavy (non-hydrogen) atoms. The zero-order chi connectivity index (χ0) is 24.5. The van der Waals surface area contributed by atoms with Crippen molar-refractivity contribution >= 4 is 39.0 Å². The van der Waals surface area contributed by atoms with Crippen LogP contribution in [0.25, 0.3) is 0 Å². The number of sulfonamides is 1. The number of benzene rings is 2. The molecule has 9 heteroatoms. The largest absolute Gasteiger partial charge is 0.326 e. The summed E-state index contributed by atoms with van der Waals surface area (Å²) < 4.78 is 28.2. The van der Waals surface area contributed by atoms with Crippen molar-refractivity contribution in [2.45, 2.75) is 44.4 Å². The van der Waals surface area contributed by atoms with Crippen LogP contribution in [0.1, 0.15) is 49.0 Å². The van der Waals surface area contributed by atoms with Crippen LogP contribution in [0.3, 0.4) is 0 Å². The number of nitrogens with one attached hydrogen (secondary N) is 1. The molecule has 0 saturated carbocycles. The van der Waals surface area contributed by atoms with E-state index >= 15 is 0 Å². The van der Waals surface area contributed by atoms with Crippen molar-refractivity contribution in [1.29, 1.82) is 0 Å². The van der Waals surface area contributed by atoms with Crippen LogP contribution in [0, 0.1) is 5.92 Å². The summed E-state index contributed by atoms with van der Waals surface area (Å²) in [6.45, 7) is 4.09. The second-order valence-electron chi connectivity index (χ2n) is 8.89. The highest BCUT2D eigenvalue weighted by Crippen LogP contribution is 2.32. The quantitative estimate of drug-likeness (QED) is 0.658. The highest BCUT2D eigenvalue weighted by atomic mass is 32.2. The SMILES string of the molecule is CC(=O)c1ccc(NC(=O)[C@@H]2CCCN(S(=O)(=O)c3ccc4c(c3)CCCN4C(C)=O)C2)cc1. The molecular weight excluding hydrogens is 454 g/mol. The van der Waals surface area contributed by atoms with E-state index < -0.39 is 15.9 Å². The van der Waals surface area contributed by atoms with Crippen LogP contribution in [-0.2, 0) is 26.0 Å². The van der Waals surface area contributed by atoms with E-state index in [2.05, 4.69) is 5.32 Å². The van der Waals surface area contributed by atoms with Crippen molar-refractivity contribution in [1.82, 2.24) is 4.31 Å². The van der Waals surface area contributed by atoms with Gasteiger partial charge in [0.05, 0.1) is 10.8 Å². The van der Waals surface area contributed by atoms with Gasteiger partial charge in [0.25, 0.3) is 0 Å². The average molecular weight is 484 g/mol. The summed E-state index contributed by atoms with van der Waals surface area (Å²) in [5.41, 5.74) is 2.75. The van der Waals surface area contributed by atoms with Gasteiger partial charge in [-0.15, -0.1) is 0 Å². The maximum absolute atomic E-state index is 13.4. The van der Waals surface area contributed by atoms with Gasteiger partial charge >= 0.3 is 0 Å². The lowest BCUT2D eigenvalue weighted by molar-refractivity contribution is -0.121. The number of rotatable bonds is 5. The number of hydrogen-bond acceptors (Lipinski definition) is 5. The van der Waals surface area contributed by atoms with Crippen molar-refractivity contribution in [3.8, 4) is 0 Å². The molecule has 8 nitrogen and oxygen atoms in total. The molecule has 0 spiro atoms. The molecule has 1 fully saturated rings. The van der Waals surface area contributed by atoms with E-state index in [0.29, 0.717) is 37.2 Å². The third-order valence-electron chi connectivity index (χ3n) is 6.50. The molecule has 0 aromatic heterocycles. The predicted octanol–water partition coefficient (Wildman–Crippen LogP) is 3.23. The van der Waals surface area contributed by atoms with Gasteiger partial charge in [0.1, 0.15) is 0 Å². The van der Waals surface area contributed by atoms with Gasteiger partial charge in [-0.3, -0.25) is 14.4 Å². The fraction of sp³-hybridized carbons (Fsp3) is 0.400. The van der Waals surface area contributed by atoms with Crippen LogP contribution >= 0.6 is 0 Å². The molecule has 2 aliphatic heterocycles. The number of carbonyl (C=O) groups excluding carboxylic acids is 3. The number of carbonyl (C=O) groups is 3. The monoisotopic (exact) mass is 483 g/mol. The summed E-state index contributed by atoms with van der Waals surface area (Å²) in [6, 6.07) is 11.6. The Morgan fingerprint density at radius 1 is 0.971 bits per heavy atom. The molecule has 1 N–H and O–H groups in total. The van der Waals surface area contributed by atoms with Gasteiger partial charge in [-0.2, -0.15) is 4.31 Å². The Balaban J connectivity index is 1.48. The zero-order valence-electron chi connectivity index (χ0n) is 19.4. The first kappa shape index (κ1) is 24.1. The molecule has 2 heterocycles. The summed E-state index contributed by atoms with van der Waals surface area (Å²) in [5, 5.41) is 2.84. The molecule has 2 aromatic rings. The molecule has 0 bridgehead atoms. The Morgan fingerprint density at radius 2 is 1.71 bits per heavy atom. The van der Waals surface area contributed by atoms with E-state index in [4.69, 9.17) is 0 Å². The molecule has 1 saturated heterocycles. The highest BCUT2D eigenvalue weighted by molar-refractivity contribution is 7.89. The first-order valence-electron chi connectivity index (χ1n) is 11.5. The van der Waals surface area contributed by atoms with Gasteiger partial charge < -0.3 is 10.2 Å². The number of amides is 2. The molecule has 0 radical (unpaired) electrons. The number of Topliss-reactive ketones (excluding diaryl/α,β-unsaturated/α-hetero) is 1. The molecule has 1 atom stereocenters. The zero-order valence-corrected chi connectivity index (χ0v) is 20.2. The third kappa shape index (κ3) is 4.90. The van der Waals surface area contributed by atoms with Gasteiger partial charge in [0.15, 0.2) is 5.78 Å². The Labute approximate surface area is 200 Å². The summed E-state index contributed by atoms with van der Waals surface area (Å²) >= 11 is 0. The molecule has 0 unspecified atom stereocenters. The van der Waals surface area contributed by atoms with Gasteiger partial charge in [-0.1, -0.05) is 0 Å². The second-order valence-corrected chi connectivity index (χ2v) is 10.8. The van der Waals surface area contributed by atoms with E-state index in [1.165, 1.54) is 18.2 Å². The third-order valence-corrected chi connectivity index (χ3v) is 8.36. The van der Waals surface area contributed by atoms with E-state index in [1.54, 1.807) is 47.4 Å². The fourth-order valence-corrected chi connectivity index (χ4v) is 6.19. The first-order chi connectivity index (χ1) is 16.2. The van der Waals surface area contributed by atoms with Crippen molar-refractivity contribution < 1.29 is 22.8 Å². The minimum Gasteiger partial charge on any atom is -0.326 e. The Kier molecular flexibility index (Phi) is 6.86. The van der Waals surface area contributed by atoms with Crippen LogP contribution in [0.5, 0.6) is 0 Å². The van der Waals surface area contributed by atoms with Gasteiger partial charge in [0, 0.05) is 43.5 Å². The summed E-state index contributed by atoms with van der Waals surface area (Å²) in [6.07, 6.45) is 2.69. The van der Waals surface area contributed by atoms with Crippen molar-refractivity contribution in [3.05, 3.63) is 53.6 Å². The van der Waals surface area contributed by atoms with Crippen LogP contribution < -0.4 is 10.2 Å². The number of anilines is 2. The topological polar surface area (TPSA) is 104 Å². The average Bonchev–Trinajstić information content (AvgIpc) is 2.83. The fourth-order valence-electron chi connectivity index (χ4n) is 4.62. The molecule has 180 valence electrons. The Bertz CT molecular complexity index is 1220. The Hall–Kier alpha value is -3.04. The van der Waals surface area contributed by atoms with E-state index in [0.717, 1.165) is 24.1 Å². The maximum atomic E-state index is 13.4. The molecule has 2 aromatic carbocycles. The molecule has 2 amide bonds. The second kappa shape index (κ2) is 9.68. The minimum absolute atomic E-state index is 0.0535. The van der Waals surface area contributed by atoms with Crippen molar-refractivity contribution in [3.63, 3.8) is 0 Å². The molecule has 0 aliphatic carbocycles. The van der Waals surface area contributed by atoms with E-state index in [1.807, 2.05) is 0 Å². The normalized spacial score (nSPS) is 18.8. The lowest BCUT2D eigenvalue weighted by Crippen LogP contribution is -2.43. The molecule has 2 aliphatic rings. The lowest BCUT2D eigenvalue weighted by Gasteiger charge is -2.32. The van der Waals surface area contributed by atoms with Crippen LogP contribution in [0.4, 0.5) is 11.4 Å². The first-order valence-corrected chi connectivity index (χ1v) is 12.9. The minimum atomic E-state index is -3.78. The van der Waals surface area contributed by atoms with Crippen molar-refractivity contribution in [2.24, 2.45) is 5.92 Å². The van der Waals surface area contributed by atoms with Crippen LogP contribution in [0.2, 0.25) is 0 Å². The molecular formula is C25H29N3O5S. The van der Waals surface area contributed by atoms with Crippen LogP contribution in [-0.4, -0.2) is 50.0 Å². The maximum Gasteiger partial charge on any atom is 0.243 e. The van der Waals surface area contributed by atoms with Gasteiger partial charge in [-0.25, -0.2) is 8.42 Å². The van der Waals surface area contributed by atoms with Crippen molar-refractivity contribution in [2.75, 3.05) is 29.9 Å². The molecule has 4 rings (SSSR count). The van der Waals surface area contributed by atoms with E-state index in [-0.39, 0.29) is 29.0 Å². The van der Waals surface area contributed by atoms with Gasteiger partial charge in [-0.05, 0) is 80.6 Å². The smallest absolute Gasteiger partial charge is 0.243 e. The summed E-state index contributed by atoms with van der Waals surface area (Å²) in [5.74, 6) is -0.820. The number of hydrogen-bond donors (Lipinski definition) is 1. The highest BCUT2D eigenvalue weighted by Gasteiger charge is 2.34. The number of piperidine rings is 1. The summed E-state index contributed by atoms with van der Waals surface area (Å²) in [7, 11) is -3.78. The standard InChI is InChI=1S/C25H29N3O5S/c1-17(29)19-7-9-22(10-8-19)26-25(31)21-6-3-13-27(16-21)34(32,33)23-11-12-24-20(15-23)5-4-14-28(24)18(2)30/h7-12,15,21H,3-6,13-14,16H2,1-2H3,(H,26,31)/t21-/m1/s1. The van der Waals surface area contributed by atoms with Crippen LogP contribution in [0.15, 0.2) is 47.4 Å². The van der Waals surface area contributed by atoms with E-state index in [9.17, 15) is 22.8 Å². The Morgan fingerprint density at radius 3 is 2.38 bits per heavy atom. The number of ketones is 1. The predicted molar refractivity (Wildman–Crippen MR) is 129 cm³/mol.